The van der Waals surface area contributed by atoms with Gasteiger partial charge in [-0.3, -0.25) is 0 Å². The molecular weight excluding hydrogens is 736 g/mol. The van der Waals surface area contributed by atoms with Crippen LogP contribution in [0.5, 0.6) is 0 Å². The maximum atomic E-state index is 11.8. The van der Waals surface area contributed by atoms with Gasteiger partial charge in [-0.25, -0.2) is 43.1 Å². The Kier molecular flexibility index (Phi) is 22.9. The first-order valence-electron chi connectivity index (χ1n) is 11.2. The summed E-state index contributed by atoms with van der Waals surface area (Å²) in [5, 5.41) is 23.6. The third kappa shape index (κ3) is 17.3. The summed E-state index contributed by atoms with van der Waals surface area (Å²) in [7, 11) is -20.0. The number of benzene rings is 2. The maximum Gasteiger partial charge on any atom is 1.00 e. The van der Waals surface area contributed by atoms with Crippen LogP contribution in [0.3, 0.4) is 0 Å². The van der Waals surface area contributed by atoms with Gasteiger partial charge in [-0.1, -0.05) is 0 Å². The fraction of sp³-hybridized carbons (Fsp3) is 0.364. The van der Waals surface area contributed by atoms with Crippen LogP contribution in [0.1, 0.15) is 52.7 Å². The van der Waals surface area contributed by atoms with Gasteiger partial charge in [-0.2, -0.15) is 0 Å². The second kappa shape index (κ2) is 19.6. The second-order valence-electron chi connectivity index (χ2n) is 10.5. The first-order chi connectivity index (χ1) is 18.5. The molecule has 0 aliphatic rings. The van der Waals surface area contributed by atoms with Crippen molar-refractivity contribution < 1.29 is 180 Å². The van der Waals surface area contributed by atoms with Gasteiger partial charge in [0.05, 0.1) is 30.7 Å². The normalized spacial score (nSPS) is 13.0. The van der Waals surface area contributed by atoms with E-state index in [0.717, 1.165) is 36.7 Å². The number of hydrogen-bond donors (Lipinski definition) is 0. The van der Waals surface area contributed by atoms with Crippen LogP contribution in [0.15, 0.2) is 56.0 Å². The summed E-state index contributed by atoms with van der Waals surface area (Å²) >= 11 is 0. The van der Waals surface area contributed by atoms with Gasteiger partial charge in [-0.05, 0) is 36.4 Å². The topological polar surface area (TPSA) is 281 Å². The molecule has 16 nitrogen and oxygen atoms in total. The van der Waals surface area contributed by atoms with Crippen LogP contribution in [-0.2, 0) is 40.5 Å². The van der Waals surface area contributed by atoms with E-state index in [1.807, 2.05) is 0 Å². The predicted octanol–water partition coefficient (Wildman–Crippen LogP) is -11.5. The van der Waals surface area contributed by atoms with E-state index in [1.54, 1.807) is 41.5 Å². The smallest absolute Gasteiger partial charge is 0.744 e. The predicted molar refractivity (Wildman–Crippen MR) is 142 cm³/mol. The Balaban J connectivity index is -0.000000353. The van der Waals surface area contributed by atoms with E-state index in [2.05, 4.69) is 0 Å². The number of hydroxylamine groups is 2. The van der Waals surface area contributed by atoms with Crippen LogP contribution in [0.25, 0.3) is 0 Å². The Bertz CT molecular complexity index is 1730. The molecule has 0 unspecified atom stereocenters. The molecule has 2 aromatic rings. The van der Waals surface area contributed by atoms with Crippen molar-refractivity contribution in [2.75, 3.05) is 0 Å². The third-order valence-electron chi connectivity index (χ3n) is 4.92. The first-order valence-corrected chi connectivity index (χ1v) is 16.8. The molecule has 0 heterocycles. The first kappa shape index (κ1) is 53.8. The van der Waals surface area contributed by atoms with Gasteiger partial charge in [0.2, 0.25) is 0 Å². The zero-order valence-electron chi connectivity index (χ0n) is 26.9. The zero-order valence-corrected chi connectivity index (χ0v) is 38.1. The van der Waals surface area contributed by atoms with E-state index in [9.17, 15) is 62.3 Å². The Hall–Kier alpha value is 1.02. The largest absolute Gasteiger partial charge is 1.00 e. The van der Waals surface area contributed by atoms with Crippen LogP contribution in [-0.4, -0.2) is 84.9 Å². The number of rotatable bonds is 6. The van der Waals surface area contributed by atoms with Crippen molar-refractivity contribution in [2.45, 2.75) is 72.2 Å². The molecule has 236 valence electrons. The van der Waals surface area contributed by atoms with Gasteiger partial charge in [0.25, 0.3) is 0 Å². The molecule has 0 spiro atoms. The van der Waals surface area contributed by atoms with E-state index in [4.69, 9.17) is 0 Å². The molecule has 0 fully saturated rings. The van der Waals surface area contributed by atoms with Crippen LogP contribution in [0.2, 0.25) is 0 Å². The molecule has 0 bridgehead atoms. The molecule has 0 radical (unpaired) electrons. The molecule has 24 heteroatoms. The van der Waals surface area contributed by atoms with E-state index < -0.39 is 71.1 Å². The molecule has 0 aromatic heterocycles. The van der Waals surface area contributed by atoms with Crippen LogP contribution < -0.4 is 118 Å². The summed E-state index contributed by atoms with van der Waals surface area (Å²) in [4.78, 5) is -3.60. The molecule has 46 heavy (non-hydrogen) atoms. The van der Waals surface area contributed by atoms with Crippen LogP contribution in [0, 0.1) is 10.4 Å². The average Bonchev–Trinajstić information content (AvgIpc) is 2.75. The Morgan fingerprint density at radius 1 is 0.500 bits per heavy atom. The Labute approximate surface area is 357 Å². The fourth-order valence-corrected chi connectivity index (χ4v) is 5.13. The minimum atomic E-state index is -5.06. The van der Waals surface area contributed by atoms with Crippen molar-refractivity contribution in [2.24, 2.45) is 0 Å². The van der Waals surface area contributed by atoms with E-state index in [-0.39, 0.29) is 129 Å². The van der Waals surface area contributed by atoms with E-state index >= 15 is 0 Å². The summed E-state index contributed by atoms with van der Waals surface area (Å²) in [6.45, 7) is 9.32. The van der Waals surface area contributed by atoms with Crippen LogP contribution in [0.4, 0.5) is 0 Å². The third-order valence-corrected chi connectivity index (χ3v) is 8.37. The van der Waals surface area contributed by atoms with Crippen molar-refractivity contribution in [1.82, 2.24) is 0 Å². The van der Waals surface area contributed by atoms with Crippen molar-refractivity contribution >= 4 is 52.9 Å². The minimum Gasteiger partial charge on any atom is -0.744 e. The second-order valence-corrected chi connectivity index (χ2v) is 15.9. The Morgan fingerprint density at radius 2 is 0.739 bits per heavy atom. The standard InChI is InChI=1S/2C11H15NO7S2.4Na/c2*1-11(2,3)12(13)7-8-4-5-9(20(14,15)16)6-10(8)21(17,18)19;;;;/h2*4-7H,1-3H3,(H,14,15,16)(H,17,18,19);;;;/q;;4*+1/p-4/b2*12-7-;;;;. The number of hydrogen-bond acceptors (Lipinski definition) is 14. The van der Waals surface area contributed by atoms with Crippen molar-refractivity contribution in [1.29, 1.82) is 0 Å². The van der Waals surface area contributed by atoms with E-state index in [0.29, 0.717) is 21.6 Å². The van der Waals surface area contributed by atoms with Crippen LogP contribution >= 0.6 is 0 Å². The molecule has 0 atom stereocenters. The molecule has 2 rings (SSSR count). The molecule has 0 amide bonds. The SMILES string of the molecule is CC(C)(C)/[N+]([O-])=C/c1ccc(S(=O)(=O)[O-])cc1S(=O)(=O)[O-].CC(C)(C)/[N+]([O-])=C/c1ccc(S(=O)(=O)[O-])cc1S(=O)(=O)[O-].[Na+].[Na+].[Na+].[Na+]. The molecular formula is C22H26N2Na4O14S4. The fourth-order valence-electron chi connectivity index (χ4n) is 2.63. The summed E-state index contributed by atoms with van der Waals surface area (Å²) in [6.07, 6.45) is 1.71. The van der Waals surface area contributed by atoms with Crippen molar-refractivity contribution in [3.05, 3.63) is 57.9 Å². The molecule has 0 saturated carbocycles. The summed E-state index contributed by atoms with van der Waals surface area (Å²) in [5.74, 6) is 0. The Morgan fingerprint density at radius 3 is 0.913 bits per heavy atom. The number of nitrogens with zero attached hydrogens (tertiary/aromatic N) is 2. The van der Waals surface area contributed by atoms with Gasteiger partial charge in [0.15, 0.2) is 23.5 Å². The molecule has 0 aliphatic heterocycles. The molecule has 0 aliphatic carbocycles. The van der Waals surface area contributed by atoms with E-state index in [1.165, 1.54) is 0 Å². The monoisotopic (exact) mass is 762 g/mol. The summed E-state index contributed by atoms with van der Waals surface area (Å²) in [5.41, 5.74) is -2.37. The average molecular weight is 763 g/mol. The molecule has 0 saturated heterocycles. The van der Waals surface area contributed by atoms with Gasteiger partial charge in [0.1, 0.15) is 40.5 Å². The minimum absolute atomic E-state index is 0. The quantitative estimate of drug-likeness (QED) is 0.0660. The summed E-state index contributed by atoms with van der Waals surface area (Å²) < 4.78 is 133. The summed E-state index contributed by atoms with van der Waals surface area (Å²) in [6, 6.07) is 4.41. The van der Waals surface area contributed by atoms with Gasteiger partial charge in [-0.15, -0.1) is 0 Å². The van der Waals surface area contributed by atoms with Gasteiger partial charge >= 0.3 is 118 Å². The molecule has 2 aromatic carbocycles. The van der Waals surface area contributed by atoms with Crippen molar-refractivity contribution in [3.63, 3.8) is 0 Å². The van der Waals surface area contributed by atoms with Crippen molar-refractivity contribution in [3.8, 4) is 0 Å². The molecule has 0 N–H and O–H groups in total. The zero-order chi connectivity index (χ0) is 33.3. The van der Waals surface area contributed by atoms with Gasteiger partial charge < -0.3 is 28.6 Å². The maximum absolute atomic E-state index is 11.8. The van der Waals surface area contributed by atoms with Gasteiger partial charge in [0, 0.05) is 41.5 Å².